The fourth-order valence-corrected chi connectivity index (χ4v) is 2.15. The first-order valence-electron chi connectivity index (χ1n) is 7.58. The highest BCUT2D eigenvalue weighted by Crippen LogP contribution is 2.18. The van der Waals surface area contributed by atoms with Crippen LogP contribution in [0.25, 0.3) is 0 Å². The monoisotopic (exact) mass is 280 g/mol. The zero-order chi connectivity index (χ0) is 14.2. The summed E-state index contributed by atoms with van der Waals surface area (Å²) in [5.41, 5.74) is 0. The largest absolute Gasteiger partial charge is 0.491 e. The third-order valence-electron chi connectivity index (χ3n) is 3.66. The molecule has 2 rings (SSSR count). The van der Waals surface area contributed by atoms with Crippen molar-refractivity contribution in [3.8, 4) is 11.5 Å². The normalized spacial score (nSPS) is 17.7. The van der Waals surface area contributed by atoms with Crippen molar-refractivity contribution in [2.45, 2.75) is 26.4 Å². The molecule has 1 aromatic carbocycles. The Bertz CT molecular complexity index is 374. The maximum atomic E-state index is 5.78. The van der Waals surface area contributed by atoms with Crippen LogP contribution in [-0.4, -0.2) is 45.6 Å². The van der Waals surface area contributed by atoms with E-state index in [9.17, 15) is 0 Å². The van der Waals surface area contributed by atoms with Crippen molar-refractivity contribution in [1.29, 1.82) is 0 Å². The van der Waals surface area contributed by atoms with Crippen LogP contribution in [0.1, 0.15) is 20.3 Å². The summed E-state index contributed by atoms with van der Waals surface area (Å²) in [6, 6.07) is 7.91. The van der Waals surface area contributed by atoms with Gasteiger partial charge in [-0.25, -0.2) is 0 Å². The molecule has 0 saturated carbocycles. The van der Waals surface area contributed by atoms with Gasteiger partial charge in [-0.05, 0) is 37.6 Å². The second-order valence-electron chi connectivity index (χ2n) is 5.27. The molecule has 112 valence electrons. The van der Waals surface area contributed by atoms with Crippen LogP contribution in [-0.2, 0) is 4.74 Å². The van der Waals surface area contributed by atoms with Crippen LogP contribution in [0.4, 0.5) is 0 Å². The fraction of sp³-hybridized carbons (Fsp3) is 0.625. The van der Waals surface area contributed by atoms with Gasteiger partial charge in [0, 0.05) is 0 Å². The standard InChI is InChI=1S/C16H25NO3/c1-3-14(2)20-16-6-4-15(5-7-16)19-13-10-17-8-11-18-12-9-17/h4-7,14H,3,8-13H2,1-2H3/p+1/t14-/m0/s1. The van der Waals surface area contributed by atoms with Crippen molar-refractivity contribution in [3.05, 3.63) is 24.3 Å². The Morgan fingerprint density at radius 1 is 1.15 bits per heavy atom. The van der Waals surface area contributed by atoms with Crippen molar-refractivity contribution in [2.24, 2.45) is 0 Å². The zero-order valence-electron chi connectivity index (χ0n) is 12.6. The first-order valence-corrected chi connectivity index (χ1v) is 7.58. The zero-order valence-corrected chi connectivity index (χ0v) is 12.6. The highest BCUT2D eigenvalue weighted by atomic mass is 16.5. The number of morpholine rings is 1. The maximum Gasteiger partial charge on any atom is 0.137 e. The molecule has 1 saturated heterocycles. The Morgan fingerprint density at radius 2 is 1.80 bits per heavy atom. The summed E-state index contributed by atoms with van der Waals surface area (Å²) in [5, 5.41) is 0. The van der Waals surface area contributed by atoms with Gasteiger partial charge in [0.15, 0.2) is 0 Å². The van der Waals surface area contributed by atoms with Gasteiger partial charge in [0.25, 0.3) is 0 Å². The van der Waals surface area contributed by atoms with Crippen LogP contribution >= 0.6 is 0 Å². The second-order valence-corrected chi connectivity index (χ2v) is 5.27. The van der Waals surface area contributed by atoms with Crippen molar-refractivity contribution in [3.63, 3.8) is 0 Å². The third kappa shape index (κ3) is 5.02. The average molecular weight is 280 g/mol. The van der Waals surface area contributed by atoms with E-state index in [1.807, 2.05) is 24.3 Å². The Labute approximate surface area is 121 Å². The number of ether oxygens (including phenoxy) is 3. The van der Waals surface area contributed by atoms with Gasteiger partial charge in [0.05, 0.1) is 19.3 Å². The van der Waals surface area contributed by atoms with E-state index in [0.29, 0.717) is 0 Å². The number of hydrogen-bond donors (Lipinski definition) is 1. The van der Waals surface area contributed by atoms with Crippen LogP contribution in [0.2, 0.25) is 0 Å². The molecule has 1 heterocycles. The molecule has 4 heteroatoms. The van der Waals surface area contributed by atoms with Gasteiger partial charge in [-0.2, -0.15) is 0 Å². The van der Waals surface area contributed by atoms with E-state index in [4.69, 9.17) is 14.2 Å². The van der Waals surface area contributed by atoms with Gasteiger partial charge in [0.1, 0.15) is 37.7 Å². The molecular weight excluding hydrogens is 254 g/mol. The predicted octanol–water partition coefficient (Wildman–Crippen LogP) is 1.16. The summed E-state index contributed by atoms with van der Waals surface area (Å²) in [4.78, 5) is 1.56. The number of nitrogens with one attached hydrogen (secondary N) is 1. The molecule has 1 aliphatic heterocycles. The Balaban J connectivity index is 1.70. The molecule has 1 atom stereocenters. The van der Waals surface area contributed by atoms with Gasteiger partial charge in [-0.3, -0.25) is 0 Å². The molecule has 0 aliphatic carbocycles. The van der Waals surface area contributed by atoms with Crippen molar-refractivity contribution in [1.82, 2.24) is 0 Å². The molecule has 0 aromatic heterocycles. The molecule has 1 fully saturated rings. The minimum Gasteiger partial charge on any atom is -0.491 e. The smallest absolute Gasteiger partial charge is 0.137 e. The van der Waals surface area contributed by atoms with Gasteiger partial charge in [0.2, 0.25) is 0 Å². The highest BCUT2D eigenvalue weighted by molar-refractivity contribution is 5.31. The quantitative estimate of drug-likeness (QED) is 0.813. The summed E-state index contributed by atoms with van der Waals surface area (Å²) in [6.45, 7) is 9.91. The maximum absolute atomic E-state index is 5.78. The summed E-state index contributed by atoms with van der Waals surface area (Å²) in [5.74, 6) is 1.82. The summed E-state index contributed by atoms with van der Waals surface area (Å²) in [6.07, 6.45) is 1.27. The summed E-state index contributed by atoms with van der Waals surface area (Å²) >= 11 is 0. The van der Waals surface area contributed by atoms with Gasteiger partial charge < -0.3 is 19.1 Å². The predicted molar refractivity (Wildman–Crippen MR) is 78.7 cm³/mol. The third-order valence-corrected chi connectivity index (χ3v) is 3.66. The highest BCUT2D eigenvalue weighted by Gasteiger charge is 2.13. The van der Waals surface area contributed by atoms with Crippen molar-refractivity contribution >= 4 is 0 Å². The summed E-state index contributed by atoms with van der Waals surface area (Å²) < 4.78 is 16.9. The van der Waals surface area contributed by atoms with E-state index in [1.54, 1.807) is 4.90 Å². The van der Waals surface area contributed by atoms with Gasteiger partial charge in [-0.1, -0.05) is 6.92 Å². The SMILES string of the molecule is CC[C@H](C)Oc1ccc(OCC[NH+]2CCOCC2)cc1. The summed E-state index contributed by atoms with van der Waals surface area (Å²) in [7, 11) is 0. The molecule has 0 bridgehead atoms. The molecular formula is C16H26NO3+. The molecule has 1 N–H and O–H groups in total. The van der Waals surface area contributed by atoms with Crippen LogP contribution in [0, 0.1) is 0 Å². The first-order chi connectivity index (χ1) is 9.78. The van der Waals surface area contributed by atoms with Crippen molar-refractivity contribution in [2.75, 3.05) is 39.5 Å². The Morgan fingerprint density at radius 3 is 2.45 bits per heavy atom. The van der Waals surface area contributed by atoms with E-state index in [1.165, 1.54) is 0 Å². The van der Waals surface area contributed by atoms with Gasteiger partial charge in [-0.15, -0.1) is 0 Å². The molecule has 0 unspecified atom stereocenters. The molecule has 1 aliphatic rings. The molecule has 20 heavy (non-hydrogen) atoms. The fourth-order valence-electron chi connectivity index (χ4n) is 2.15. The Kier molecular flexibility index (Phi) is 6.15. The lowest BCUT2D eigenvalue weighted by Crippen LogP contribution is -3.14. The van der Waals surface area contributed by atoms with Crippen LogP contribution in [0.15, 0.2) is 24.3 Å². The molecule has 0 amide bonds. The van der Waals surface area contributed by atoms with Crippen LogP contribution in [0.5, 0.6) is 11.5 Å². The lowest BCUT2D eigenvalue weighted by Gasteiger charge is -2.23. The molecule has 1 aromatic rings. The van der Waals surface area contributed by atoms with E-state index >= 15 is 0 Å². The molecule has 0 radical (unpaired) electrons. The average Bonchev–Trinajstić information content (AvgIpc) is 2.50. The number of benzene rings is 1. The lowest BCUT2D eigenvalue weighted by molar-refractivity contribution is -0.908. The number of hydrogen-bond acceptors (Lipinski definition) is 3. The lowest BCUT2D eigenvalue weighted by atomic mass is 10.3. The van der Waals surface area contributed by atoms with Crippen LogP contribution in [0.3, 0.4) is 0 Å². The van der Waals surface area contributed by atoms with Gasteiger partial charge >= 0.3 is 0 Å². The Hall–Kier alpha value is -1.26. The van der Waals surface area contributed by atoms with E-state index in [0.717, 1.165) is 57.4 Å². The van der Waals surface area contributed by atoms with Crippen LogP contribution < -0.4 is 14.4 Å². The second kappa shape index (κ2) is 8.12. The van der Waals surface area contributed by atoms with E-state index < -0.39 is 0 Å². The molecule has 0 spiro atoms. The number of quaternary nitrogens is 1. The topological polar surface area (TPSA) is 32.1 Å². The van der Waals surface area contributed by atoms with Crippen molar-refractivity contribution < 1.29 is 19.1 Å². The first kappa shape index (κ1) is 15.1. The minimum atomic E-state index is 0.256. The minimum absolute atomic E-state index is 0.256. The van der Waals surface area contributed by atoms with E-state index in [2.05, 4.69) is 13.8 Å². The molecule has 4 nitrogen and oxygen atoms in total. The number of rotatable bonds is 7. The van der Waals surface area contributed by atoms with E-state index in [-0.39, 0.29) is 6.10 Å².